The number of aliphatic hydroxyl groups is 1. The minimum Gasteiger partial charge on any atom is -0.391 e. The van der Waals surface area contributed by atoms with Crippen molar-refractivity contribution in [3.05, 3.63) is 100 Å². The summed E-state index contributed by atoms with van der Waals surface area (Å²) in [6.45, 7) is 1.98. The highest BCUT2D eigenvalue weighted by Gasteiger charge is 2.26. The van der Waals surface area contributed by atoms with E-state index < -0.39 is 6.10 Å². The van der Waals surface area contributed by atoms with Crippen LogP contribution >= 0.6 is 0 Å². The lowest BCUT2D eigenvalue weighted by atomic mass is 9.92. The topological polar surface area (TPSA) is 80.9 Å². The molecule has 0 saturated heterocycles. The number of nitrogens with zero attached hydrogens (tertiary/aromatic N) is 4. The Bertz CT molecular complexity index is 1610. The minimum absolute atomic E-state index is 0.109. The van der Waals surface area contributed by atoms with Gasteiger partial charge in [0.15, 0.2) is 0 Å². The third-order valence-corrected chi connectivity index (χ3v) is 7.37. The second kappa shape index (κ2) is 9.28. The van der Waals surface area contributed by atoms with Crippen molar-refractivity contribution in [3.8, 4) is 11.1 Å². The normalized spacial score (nSPS) is 18.1. The number of fused-ring (bicyclic) bond motifs is 3. The van der Waals surface area contributed by atoms with Gasteiger partial charge in [-0.1, -0.05) is 49.2 Å². The van der Waals surface area contributed by atoms with Crippen LogP contribution in [0.3, 0.4) is 0 Å². The summed E-state index contributed by atoms with van der Waals surface area (Å²) in [5.41, 5.74) is 6.63. The van der Waals surface area contributed by atoms with Crippen LogP contribution in [0, 0.1) is 6.92 Å². The van der Waals surface area contributed by atoms with Crippen molar-refractivity contribution in [2.45, 2.75) is 51.2 Å². The van der Waals surface area contributed by atoms with E-state index in [1.54, 1.807) is 17.1 Å². The Morgan fingerprint density at radius 1 is 0.917 bits per heavy atom. The monoisotopic (exact) mass is 476 g/mol. The molecule has 3 heterocycles. The quantitative estimate of drug-likeness (QED) is 0.352. The molecule has 6 nitrogen and oxygen atoms in total. The summed E-state index contributed by atoms with van der Waals surface area (Å²) in [4.78, 5) is 27.3. The molecule has 36 heavy (non-hydrogen) atoms. The van der Waals surface area contributed by atoms with E-state index in [0.717, 1.165) is 58.1 Å². The van der Waals surface area contributed by atoms with Gasteiger partial charge in [-0.25, -0.2) is 4.98 Å². The summed E-state index contributed by atoms with van der Waals surface area (Å²) < 4.78 is 1.63. The maximum absolute atomic E-state index is 13.6. The molecule has 0 bridgehead atoms. The highest BCUT2D eigenvalue weighted by atomic mass is 16.3. The van der Waals surface area contributed by atoms with Gasteiger partial charge in [0.1, 0.15) is 5.52 Å². The predicted octanol–water partition coefficient (Wildman–Crippen LogP) is 5.38. The Kier molecular flexibility index (Phi) is 5.82. The molecule has 0 aliphatic heterocycles. The zero-order valence-electron chi connectivity index (χ0n) is 20.3. The first-order valence-corrected chi connectivity index (χ1v) is 12.6. The smallest absolute Gasteiger partial charge is 0.261 e. The molecule has 1 aliphatic carbocycles. The summed E-state index contributed by atoms with van der Waals surface area (Å²) in [5.74, 6) is 0. The van der Waals surface area contributed by atoms with Gasteiger partial charge >= 0.3 is 0 Å². The van der Waals surface area contributed by atoms with Crippen molar-refractivity contribution in [2.75, 3.05) is 0 Å². The second-order valence-corrected chi connectivity index (χ2v) is 9.77. The van der Waals surface area contributed by atoms with Crippen LogP contribution in [-0.2, 0) is 6.42 Å². The van der Waals surface area contributed by atoms with Crippen LogP contribution in [-0.4, -0.2) is 30.7 Å². The molecular weight excluding hydrogens is 448 g/mol. The van der Waals surface area contributed by atoms with Crippen molar-refractivity contribution in [1.29, 1.82) is 0 Å². The van der Waals surface area contributed by atoms with Gasteiger partial charge < -0.3 is 5.11 Å². The number of benzene rings is 2. The van der Waals surface area contributed by atoms with Crippen LogP contribution in [0.4, 0.5) is 0 Å². The van der Waals surface area contributed by atoms with Gasteiger partial charge in [-0.15, -0.1) is 0 Å². The van der Waals surface area contributed by atoms with E-state index in [-0.39, 0.29) is 11.6 Å². The lowest BCUT2D eigenvalue weighted by Crippen LogP contribution is -2.34. The summed E-state index contributed by atoms with van der Waals surface area (Å²) in [7, 11) is 0. The average Bonchev–Trinajstić information content (AvgIpc) is 2.91. The molecule has 3 aromatic heterocycles. The van der Waals surface area contributed by atoms with Crippen molar-refractivity contribution < 1.29 is 5.11 Å². The van der Waals surface area contributed by atoms with Crippen molar-refractivity contribution in [3.63, 3.8) is 0 Å². The lowest BCUT2D eigenvalue weighted by Gasteiger charge is -2.29. The van der Waals surface area contributed by atoms with Crippen LogP contribution in [0.15, 0.2) is 78.1 Å². The third kappa shape index (κ3) is 4.07. The van der Waals surface area contributed by atoms with Crippen LogP contribution in [0.5, 0.6) is 0 Å². The zero-order chi connectivity index (χ0) is 24.6. The molecule has 0 amide bonds. The standard InChI is InChI=1S/C30H28N4O2/c1-19-8-11-22(17-32-19)21-12-9-20(10-13-21)15-23-16-25-29(28-24(23)5-4-14-31-28)33-18-34(30(25)36)26-6-2-3-7-27(26)35/h4-5,8-14,16-18,26-27,35H,2-3,6-7,15H2,1H3/t26-,27-/m0/s1. The Balaban J connectivity index is 1.42. The van der Waals surface area contributed by atoms with Gasteiger partial charge in [0.25, 0.3) is 5.56 Å². The molecule has 1 fully saturated rings. The Morgan fingerprint density at radius 3 is 2.47 bits per heavy atom. The lowest BCUT2D eigenvalue weighted by molar-refractivity contribution is 0.0735. The molecule has 2 aromatic carbocycles. The van der Waals surface area contributed by atoms with Gasteiger partial charge in [-0.05, 0) is 61.1 Å². The van der Waals surface area contributed by atoms with E-state index in [1.807, 2.05) is 37.4 Å². The maximum Gasteiger partial charge on any atom is 0.261 e. The van der Waals surface area contributed by atoms with Crippen LogP contribution in [0.1, 0.15) is 48.5 Å². The minimum atomic E-state index is -0.518. The summed E-state index contributed by atoms with van der Waals surface area (Å²) in [5, 5.41) is 12.1. The molecule has 1 saturated carbocycles. The first kappa shape index (κ1) is 22.6. The molecule has 2 atom stereocenters. The van der Waals surface area contributed by atoms with Gasteiger partial charge in [-0.3, -0.25) is 19.3 Å². The van der Waals surface area contributed by atoms with Gasteiger partial charge in [0.05, 0.1) is 29.4 Å². The Hall–Kier alpha value is -3.90. The fourth-order valence-corrected chi connectivity index (χ4v) is 5.38. The van der Waals surface area contributed by atoms with E-state index in [9.17, 15) is 9.90 Å². The highest BCUT2D eigenvalue weighted by Crippen LogP contribution is 2.30. The number of aryl methyl sites for hydroxylation is 1. The molecule has 0 spiro atoms. The number of hydrogen-bond acceptors (Lipinski definition) is 5. The molecule has 0 unspecified atom stereocenters. The molecular formula is C30H28N4O2. The summed E-state index contributed by atoms with van der Waals surface area (Å²) in [6, 6.07) is 18.3. The number of pyridine rings is 2. The number of aliphatic hydroxyl groups excluding tert-OH is 1. The highest BCUT2D eigenvalue weighted by molar-refractivity contribution is 6.04. The first-order chi connectivity index (χ1) is 17.6. The molecule has 6 rings (SSSR count). The largest absolute Gasteiger partial charge is 0.391 e. The van der Waals surface area contributed by atoms with E-state index in [4.69, 9.17) is 0 Å². The zero-order valence-corrected chi connectivity index (χ0v) is 20.3. The van der Waals surface area contributed by atoms with Gasteiger partial charge in [0.2, 0.25) is 0 Å². The average molecular weight is 477 g/mol. The molecule has 5 aromatic rings. The first-order valence-electron chi connectivity index (χ1n) is 12.6. The number of aromatic nitrogens is 4. The van der Waals surface area contributed by atoms with E-state index in [1.165, 1.54) is 0 Å². The Labute approximate surface area is 209 Å². The van der Waals surface area contributed by atoms with E-state index >= 15 is 0 Å². The van der Waals surface area contributed by atoms with Gasteiger partial charge in [-0.2, -0.15) is 0 Å². The predicted molar refractivity (Wildman–Crippen MR) is 142 cm³/mol. The van der Waals surface area contributed by atoms with Crippen molar-refractivity contribution in [1.82, 2.24) is 19.5 Å². The molecule has 6 heteroatoms. The SMILES string of the molecule is Cc1ccc(-c2ccc(Cc3cc4c(=O)n([C@H]5CCCC[C@@H]5O)cnc4c4ncccc34)cc2)cn1. The molecule has 1 N–H and O–H groups in total. The van der Waals surface area contributed by atoms with Crippen molar-refractivity contribution in [2.24, 2.45) is 0 Å². The van der Waals surface area contributed by atoms with E-state index in [0.29, 0.717) is 23.7 Å². The maximum atomic E-state index is 13.6. The molecule has 180 valence electrons. The summed E-state index contributed by atoms with van der Waals surface area (Å²) >= 11 is 0. The molecule has 0 radical (unpaired) electrons. The van der Waals surface area contributed by atoms with Crippen LogP contribution < -0.4 is 5.56 Å². The fraction of sp³-hybridized carbons (Fsp3) is 0.267. The summed E-state index contributed by atoms with van der Waals surface area (Å²) in [6.07, 6.45) is 8.89. The molecule has 1 aliphatic rings. The fourth-order valence-electron chi connectivity index (χ4n) is 5.38. The number of hydrogen-bond donors (Lipinski definition) is 1. The van der Waals surface area contributed by atoms with Gasteiger partial charge in [0, 0.05) is 29.0 Å². The van der Waals surface area contributed by atoms with E-state index in [2.05, 4.69) is 45.3 Å². The van der Waals surface area contributed by atoms with Crippen molar-refractivity contribution >= 4 is 21.8 Å². The third-order valence-electron chi connectivity index (χ3n) is 7.37. The second-order valence-electron chi connectivity index (χ2n) is 9.77. The number of rotatable bonds is 4. The Morgan fingerprint density at radius 2 is 1.69 bits per heavy atom. The van der Waals surface area contributed by atoms with Crippen LogP contribution in [0.25, 0.3) is 32.9 Å². The van der Waals surface area contributed by atoms with Crippen LogP contribution in [0.2, 0.25) is 0 Å².